The van der Waals surface area contributed by atoms with E-state index in [1.165, 1.54) is 24.2 Å². The Morgan fingerprint density at radius 3 is 2.72 bits per heavy atom. The summed E-state index contributed by atoms with van der Waals surface area (Å²) in [5.74, 6) is 2.25. The molecule has 0 saturated heterocycles. The maximum Gasteiger partial charge on any atom is 0.147 e. The number of hydrogen-bond donors (Lipinski definition) is 1. The second-order valence-corrected chi connectivity index (χ2v) is 5.22. The van der Waals surface area contributed by atoms with Crippen LogP contribution in [0, 0.1) is 0 Å². The molecule has 92 valence electrons. The van der Waals surface area contributed by atoms with Crippen LogP contribution in [0.4, 0.5) is 0 Å². The summed E-state index contributed by atoms with van der Waals surface area (Å²) >= 11 is 0. The van der Waals surface area contributed by atoms with Crippen LogP contribution in [0.5, 0.6) is 0 Å². The van der Waals surface area contributed by atoms with E-state index in [1.54, 1.807) is 0 Å². The summed E-state index contributed by atoms with van der Waals surface area (Å²) in [6.07, 6.45) is 2.39. The molecule has 1 fully saturated rings. The molecule has 1 aliphatic heterocycles. The van der Waals surface area contributed by atoms with Gasteiger partial charge in [-0.3, -0.25) is 0 Å². The lowest BCUT2D eigenvalue weighted by molar-refractivity contribution is 0.484. The molecule has 0 amide bonds. The first-order chi connectivity index (χ1) is 8.90. The molecule has 1 aromatic carbocycles. The maximum atomic E-state index is 4.48. The molecule has 1 saturated carbocycles. The number of nitrogens with zero attached hydrogens (tertiary/aromatic N) is 3. The van der Waals surface area contributed by atoms with Gasteiger partial charge >= 0.3 is 0 Å². The van der Waals surface area contributed by atoms with Crippen LogP contribution in [0.1, 0.15) is 30.1 Å². The lowest BCUT2D eigenvalue weighted by atomic mass is 9.95. The molecule has 18 heavy (non-hydrogen) atoms. The van der Waals surface area contributed by atoms with Gasteiger partial charge in [-0.05, 0) is 18.4 Å². The highest BCUT2D eigenvalue weighted by Gasteiger charge is 2.50. The molecule has 0 atom stereocenters. The standard InChI is InChI=1S/C14H16N4/c1-2-4-11(5-3-1)14(6-7-14)13-17-16-12-10-15-8-9-18(12)13/h1-5,15H,6-10H2. The summed E-state index contributed by atoms with van der Waals surface area (Å²) < 4.78 is 2.32. The van der Waals surface area contributed by atoms with Crippen LogP contribution in [0.2, 0.25) is 0 Å². The topological polar surface area (TPSA) is 42.7 Å². The molecule has 1 aliphatic carbocycles. The van der Waals surface area contributed by atoms with Crippen LogP contribution in [-0.4, -0.2) is 21.3 Å². The van der Waals surface area contributed by atoms with E-state index in [9.17, 15) is 0 Å². The minimum Gasteiger partial charge on any atom is -0.312 e. The summed E-state index contributed by atoms with van der Waals surface area (Å²) in [7, 11) is 0. The third kappa shape index (κ3) is 1.35. The molecule has 1 aromatic heterocycles. The van der Waals surface area contributed by atoms with Crippen LogP contribution in [0.25, 0.3) is 0 Å². The van der Waals surface area contributed by atoms with Crippen LogP contribution in [0.15, 0.2) is 30.3 Å². The van der Waals surface area contributed by atoms with E-state index in [1.807, 2.05) is 0 Å². The number of fused-ring (bicyclic) bond motifs is 1. The van der Waals surface area contributed by atoms with Crippen molar-refractivity contribution in [3.8, 4) is 0 Å². The Hall–Kier alpha value is -1.68. The quantitative estimate of drug-likeness (QED) is 0.864. The van der Waals surface area contributed by atoms with Crippen LogP contribution in [0.3, 0.4) is 0 Å². The molecule has 2 heterocycles. The zero-order chi connectivity index (χ0) is 12.0. The van der Waals surface area contributed by atoms with Crippen molar-refractivity contribution in [2.45, 2.75) is 31.3 Å². The Morgan fingerprint density at radius 1 is 1.11 bits per heavy atom. The first-order valence-corrected chi connectivity index (χ1v) is 6.59. The van der Waals surface area contributed by atoms with Crippen molar-refractivity contribution >= 4 is 0 Å². The van der Waals surface area contributed by atoms with Gasteiger partial charge < -0.3 is 9.88 Å². The molecule has 2 aliphatic rings. The Bertz CT molecular complexity index is 569. The Balaban J connectivity index is 1.82. The van der Waals surface area contributed by atoms with Crippen molar-refractivity contribution in [1.29, 1.82) is 0 Å². The van der Waals surface area contributed by atoms with Crippen molar-refractivity contribution in [3.05, 3.63) is 47.5 Å². The van der Waals surface area contributed by atoms with Crippen LogP contribution >= 0.6 is 0 Å². The molecular formula is C14H16N4. The SMILES string of the molecule is c1ccc(C2(c3nnc4n3CCNC4)CC2)cc1. The summed E-state index contributed by atoms with van der Waals surface area (Å²) in [6, 6.07) is 10.7. The normalized spacial score (nSPS) is 20.4. The number of rotatable bonds is 2. The van der Waals surface area contributed by atoms with Crippen molar-refractivity contribution in [3.63, 3.8) is 0 Å². The third-order valence-corrected chi connectivity index (χ3v) is 4.13. The summed E-state index contributed by atoms with van der Waals surface area (Å²) in [5.41, 5.74) is 1.53. The van der Waals surface area contributed by atoms with Gasteiger partial charge in [0.1, 0.15) is 11.6 Å². The van der Waals surface area contributed by atoms with Crippen LogP contribution in [-0.2, 0) is 18.5 Å². The third-order valence-electron chi connectivity index (χ3n) is 4.13. The number of benzene rings is 1. The Kier molecular flexibility index (Phi) is 2.08. The highest BCUT2D eigenvalue weighted by Crippen LogP contribution is 2.52. The largest absolute Gasteiger partial charge is 0.312 e. The maximum absolute atomic E-state index is 4.48. The van der Waals surface area contributed by atoms with E-state index in [2.05, 4.69) is 50.4 Å². The fourth-order valence-electron chi connectivity index (χ4n) is 2.97. The fourth-order valence-corrected chi connectivity index (χ4v) is 2.97. The molecule has 0 spiro atoms. The van der Waals surface area contributed by atoms with Gasteiger partial charge in [0.05, 0.1) is 12.0 Å². The first kappa shape index (κ1) is 10.3. The molecule has 4 nitrogen and oxygen atoms in total. The van der Waals surface area contributed by atoms with Gasteiger partial charge in [0.15, 0.2) is 0 Å². The van der Waals surface area contributed by atoms with E-state index < -0.39 is 0 Å². The Labute approximate surface area is 106 Å². The molecule has 1 N–H and O–H groups in total. The van der Waals surface area contributed by atoms with E-state index in [-0.39, 0.29) is 5.41 Å². The lowest BCUT2D eigenvalue weighted by Crippen LogP contribution is -2.30. The van der Waals surface area contributed by atoms with E-state index in [0.29, 0.717) is 0 Å². The minimum absolute atomic E-state index is 0.143. The van der Waals surface area contributed by atoms with Crippen LogP contribution < -0.4 is 5.32 Å². The van der Waals surface area contributed by atoms with Gasteiger partial charge in [-0.25, -0.2) is 0 Å². The monoisotopic (exact) mass is 240 g/mol. The van der Waals surface area contributed by atoms with E-state index >= 15 is 0 Å². The van der Waals surface area contributed by atoms with Crippen molar-refractivity contribution in [2.75, 3.05) is 6.54 Å². The Morgan fingerprint density at radius 2 is 1.94 bits per heavy atom. The van der Waals surface area contributed by atoms with Crippen molar-refractivity contribution in [2.24, 2.45) is 0 Å². The fraction of sp³-hybridized carbons (Fsp3) is 0.429. The molecule has 0 unspecified atom stereocenters. The molecule has 0 bridgehead atoms. The highest BCUT2D eigenvalue weighted by atomic mass is 15.3. The van der Waals surface area contributed by atoms with Gasteiger partial charge in [0.25, 0.3) is 0 Å². The van der Waals surface area contributed by atoms with Gasteiger partial charge in [0, 0.05) is 13.1 Å². The number of hydrogen-bond acceptors (Lipinski definition) is 3. The van der Waals surface area contributed by atoms with Gasteiger partial charge in [-0.15, -0.1) is 10.2 Å². The van der Waals surface area contributed by atoms with Gasteiger partial charge in [0.2, 0.25) is 0 Å². The smallest absolute Gasteiger partial charge is 0.147 e. The zero-order valence-electron chi connectivity index (χ0n) is 10.3. The molecule has 0 radical (unpaired) electrons. The summed E-state index contributed by atoms with van der Waals surface area (Å²) in [5, 5.41) is 12.2. The van der Waals surface area contributed by atoms with Gasteiger partial charge in [-0.1, -0.05) is 30.3 Å². The number of aromatic nitrogens is 3. The highest BCUT2D eigenvalue weighted by molar-refractivity contribution is 5.39. The predicted molar refractivity (Wildman–Crippen MR) is 68.2 cm³/mol. The second-order valence-electron chi connectivity index (χ2n) is 5.22. The predicted octanol–water partition coefficient (Wildman–Crippen LogP) is 1.46. The minimum atomic E-state index is 0.143. The second kappa shape index (κ2) is 3.65. The van der Waals surface area contributed by atoms with E-state index in [0.717, 1.165) is 25.5 Å². The van der Waals surface area contributed by atoms with Gasteiger partial charge in [-0.2, -0.15) is 0 Å². The summed E-state index contributed by atoms with van der Waals surface area (Å²) in [6.45, 7) is 2.85. The number of nitrogens with one attached hydrogen (secondary N) is 1. The molecule has 4 heteroatoms. The average molecular weight is 240 g/mol. The zero-order valence-corrected chi connectivity index (χ0v) is 10.3. The van der Waals surface area contributed by atoms with E-state index in [4.69, 9.17) is 0 Å². The molecule has 2 aromatic rings. The van der Waals surface area contributed by atoms with Crippen molar-refractivity contribution < 1.29 is 0 Å². The summed E-state index contributed by atoms with van der Waals surface area (Å²) in [4.78, 5) is 0. The van der Waals surface area contributed by atoms with Crippen molar-refractivity contribution in [1.82, 2.24) is 20.1 Å². The molecular weight excluding hydrogens is 224 g/mol. The lowest BCUT2D eigenvalue weighted by Gasteiger charge is -2.20. The average Bonchev–Trinajstić information content (AvgIpc) is 3.13. The molecule has 4 rings (SSSR count). The first-order valence-electron chi connectivity index (χ1n) is 6.59.